The van der Waals surface area contributed by atoms with E-state index in [0.717, 1.165) is 43.0 Å². The molecule has 2 aromatic rings. The highest BCUT2D eigenvalue weighted by atomic mass is 19.4. The number of piperidine rings is 1. The van der Waals surface area contributed by atoms with Gasteiger partial charge < -0.3 is 4.90 Å². The first kappa shape index (κ1) is 19.0. The highest BCUT2D eigenvalue weighted by molar-refractivity contribution is 5.94. The molecule has 1 aromatic heterocycles. The van der Waals surface area contributed by atoms with Crippen LogP contribution >= 0.6 is 0 Å². The smallest absolute Gasteiger partial charge is 0.337 e. The van der Waals surface area contributed by atoms with Crippen molar-refractivity contribution in [3.05, 3.63) is 52.1 Å². The van der Waals surface area contributed by atoms with Crippen molar-refractivity contribution >= 4 is 5.91 Å². The highest BCUT2D eigenvalue weighted by Gasteiger charge is 2.39. The summed E-state index contributed by atoms with van der Waals surface area (Å²) in [5.74, 6) is -1.84. The SMILES string of the molecule is O=C(c1n[nH]c2c1CCCC2)N1CCC(c2cccc(F)c2C(F)(F)F)CC1. The van der Waals surface area contributed by atoms with Gasteiger partial charge in [0.2, 0.25) is 0 Å². The van der Waals surface area contributed by atoms with Gasteiger partial charge in [0.15, 0.2) is 5.69 Å². The lowest BCUT2D eigenvalue weighted by atomic mass is 9.86. The van der Waals surface area contributed by atoms with Crippen LogP contribution in [0, 0.1) is 5.82 Å². The molecular formula is C20H21F4N3O. The minimum atomic E-state index is -4.73. The van der Waals surface area contributed by atoms with Crippen molar-refractivity contribution in [1.82, 2.24) is 15.1 Å². The van der Waals surface area contributed by atoms with Gasteiger partial charge in [-0.3, -0.25) is 9.89 Å². The molecule has 0 radical (unpaired) electrons. The van der Waals surface area contributed by atoms with Crippen LogP contribution in [0.1, 0.15) is 64.5 Å². The number of amides is 1. The van der Waals surface area contributed by atoms with Crippen molar-refractivity contribution in [2.45, 2.75) is 50.6 Å². The molecule has 0 unspecified atom stereocenters. The Morgan fingerprint density at radius 3 is 2.57 bits per heavy atom. The van der Waals surface area contributed by atoms with E-state index in [1.54, 1.807) is 4.90 Å². The first-order chi connectivity index (χ1) is 13.4. The summed E-state index contributed by atoms with van der Waals surface area (Å²) in [4.78, 5) is 14.5. The van der Waals surface area contributed by atoms with E-state index in [1.807, 2.05) is 0 Å². The Balaban J connectivity index is 1.49. The van der Waals surface area contributed by atoms with E-state index in [0.29, 0.717) is 31.6 Å². The zero-order chi connectivity index (χ0) is 19.9. The number of carbonyl (C=O) groups is 1. The molecule has 1 N–H and O–H groups in total. The zero-order valence-corrected chi connectivity index (χ0v) is 15.3. The molecule has 0 spiro atoms. The molecule has 1 aliphatic heterocycles. The quantitative estimate of drug-likeness (QED) is 0.763. The second kappa shape index (κ2) is 7.22. The lowest BCUT2D eigenvalue weighted by Crippen LogP contribution is -2.39. The lowest BCUT2D eigenvalue weighted by Gasteiger charge is -2.33. The van der Waals surface area contributed by atoms with Crippen molar-refractivity contribution in [1.29, 1.82) is 0 Å². The molecule has 150 valence electrons. The van der Waals surface area contributed by atoms with E-state index in [2.05, 4.69) is 10.2 Å². The summed E-state index contributed by atoms with van der Waals surface area (Å²) in [6.07, 6.45) is -0.200. The number of nitrogens with one attached hydrogen (secondary N) is 1. The van der Waals surface area contributed by atoms with Crippen LogP contribution in [0.4, 0.5) is 17.6 Å². The largest absolute Gasteiger partial charge is 0.419 e. The molecule has 1 fully saturated rings. The molecule has 1 aromatic carbocycles. The van der Waals surface area contributed by atoms with Crippen LogP contribution in [0.5, 0.6) is 0 Å². The van der Waals surface area contributed by atoms with Crippen molar-refractivity contribution in [3.63, 3.8) is 0 Å². The Labute approximate surface area is 159 Å². The summed E-state index contributed by atoms with van der Waals surface area (Å²) < 4.78 is 53.8. The predicted molar refractivity (Wildman–Crippen MR) is 94.5 cm³/mol. The van der Waals surface area contributed by atoms with Gasteiger partial charge in [0.05, 0.1) is 5.56 Å². The van der Waals surface area contributed by atoms with Gasteiger partial charge in [0.25, 0.3) is 5.91 Å². The monoisotopic (exact) mass is 395 g/mol. The third-order valence-electron chi connectivity index (χ3n) is 5.81. The highest BCUT2D eigenvalue weighted by Crippen LogP contribution is 2.40. The van der Waals surface area contributed by atoms with E-state index in [9.17, 15) is 22.4 Å². The number of likely N-dealkylation sites (tertiary alicyclic amines) is 1. The minimum absolute atomic E-state index is 0.0169. The van der Waals surface area contributed by atoms with Gasteiger partial charge in [-0.1, -0.05) is 12.1 Å². The van der Waals surface area contributed by atoms with Gasteiger partial charge in [-0.25, -0.2) is 4.39 Å². The van der Waals surface area contributed by atoms with Crippen molar-refractivity contribution in [3.8, 4) is 0 Å². The zero-order valence-electron chi connectivity index (χ0n) is 15.3. The average Bonchev–Trinajstić information content (AvgIpc) is 3.10. The number of nitrogens with zero attached hydrogens (tertiary/aromatic N) is 2. The molecule has 0 atom stereocenters. The molecule has 1 amide bonds. The van der Waals surface area contributed by atoms with Crippen LogP contribution < -0.4 is 0 Å². The van der Waals surface area contributed by atoms with Crippen molar-refractivity contribution in [2.75, 3.05) is 13.1 Å². The summed E-state index contributed by atoms with van der Waals surface area (Å²) in [5, 5.41) is 7.14. The van der Waals surface area contributed by atoms with E-state index in [1.165, 1.54) is 12.1 Å². The van der Waals surface area contributed by atoms with Gasteiger partial charge in [-0.05, 0) is 56.1 Å². The normalized spacial score (nSPS) is 18.2. The van der Waals surface area contributed by atoms with Crippen LogP contribution in [0.25, 0.3) is 0 Å². The number of hydrogen-bond donors (Lipinski definition) is 1. The number of aryl methyl sites for hydroxylation is 1. The summed E-state index contributed by atoms with van der Waals surface area (Å²) in [7, 11) is 0. The van der Waals surface area contributed by atoms with Gasteiger partial charge in [0.1, 0.15) is 5.82 Å². The standard InChI is InChI=1S/C20H21F4N3O/c21-15-6-3-5-13(17(15)20(22,23)24)12-8-10-27(11-9-12)19(28)18-14-4-1-2-7-16(14)25-26-18/h3,5-6,12H,1-2,4,7-11H2,(H,25,26). The first-order valence-electron chi connectivity index (χ1n) is 9.57. The number of H-pyrrole nitrogens is 1. The fourth-order valence-corrected chi connectivity index (χ4v) is 4.38. The Morgan fingerprint density at radius 2 is 1.86 bits per heavy atom. The number of benzene rings is 1. The van der Waals surface area contributed by atoms with Crippen LogP contribution in [-0.4, -0.2) is 34.1 Å². The number of aromatic amines is 1. The van der Waals surface area contributed by atoms with Crippen LogP contribution in [0.15, 0.2) is 18.2 Å². The number of aromatic nitrogens is 2. The third-order valence-corrected chi connectivity index (χ3v) is 5.81. The van der Waals surface area contributed by atoms with Gasteiger partial charge >= 0.3 is 6.18 Å². The Kier molecular flexibility index (Phi) is 4.89. The van der Waals surface area contributed by atoms with E-state index in [-0.39, 0.29) is 11.5 Å². The number of halogens is 4. The molecular weight excluding hydrogens is 374 g/mol. The number of rotatable bonds is 2. The molecule has 0 bridgehead atoms. The number of hydrogen-bond acceptors (Lipinski definition) is 2. The molecule has 1 saturated heterocycles. The molecule has 4 nitrogen and oxygen atoms in total. The van der Waals surface area contributed by atoms with E-state index < -0.39 is 23.5 Å². The number of carbonyl (C=O) groups excluding carboxylic acids is 1. The van der Waals surface area contributed by atoms with Crippen molar-refractivity contribution in [2.24, 2.45) is 0 Å². The Hall–Kier alpha value is -2.38. The Bertz CT molecular complexity index is 882. The molecule has 8 heteroatoms. The minimum Gasteiger partial charge on any atom is -0.337 e. The molecule has 28 heavy (non-hydrogen) atoms. The number of alkyl halides is 3. The summed E-state index contributed by atoms with van der Waals surface area (Å²) in [6.45, 7) is 0.665. The molecule has 0 saturated carbocycles. The van der Waals surface area contributed by atoms with Crippen LogP contribution in [0.3, 0.4) is 0 Å². The summed E-state index contributed by atoms with van der Waals surface area (Å²) in [6, 6.07) is 3.50. The maximum absolute atomic E-state index is 13.9. The fraction of sp³-hybridized carbons (Fsp3) is 0.500. The second-order valence-electron chi connectivity index (χ2n) is 7.50. The Morgan fingerprint density at radius 1 is 1.14 bits per heavy atom. The first-order valence-corrected chi connectivity index (χ1v) is 9.57. The summed E-state index contributed by atoms with van der Waals surface area (Å²) in [5.41, 5.74) is 1.23. The fourth-order valence-electron chi connectivity index (χ4n) is 4.38. The average molecular weight is 395 g/mol. The van der Waals surface area contributed by atoms with E-state index in [4.69, 9.17) is 0 Å². The molecule has 1 aliphatic carbocycles. The lowest BCUT2D eigenvalue weighted by molar-refractivity contribution is -0.140. The van der Waals surface area contributed by atoms with E-state index >= 15 is 0 Å². The van der Waals surface area contributed by atoms with Crippen molar-refractivity contribution < 1.29 is 22.4 Å². The third kappa shape index (κ3) is 3.40. The van der Waals surface area contributed by atoms with Gasteiger partial charge in [0, 0.05) is 24.3 Å². The maximum Gasteiger partial charge on any atom is 0.419 e. The van der Waals surface area contributed by atoms with Gasteiger partial charge in [-0.2, -0.15) is 18.3 Å². The van der Waals surface area contributed by atoms with Gasteiger partial charge in [-0.15, -0.1) is 0 Å². The topological polar surface area (TPSA) is 49.0 Å². The van der Waals surface area contributed by atoms with Crippen LogP contribution in [0.2, 0.25) is 0 Å². The summed E-state index contributed by atoms with van der Waals surface area (Å²) >= 11 is 0. The maximum atomic E-state index is 13.9. The number of fused-ring (bicyclic) bond motifs is 1. The second-order valence-corrected chi connectivity index (χ2v) is 7.50. The van der Waals surface area contributed by atoms with Crippen LogP contribution in [-0.2, 0) is 19.0 Å². The predicted octanol–water partition coefficient (Wildman–Crippen LogP) is 4.47. The molecule has 2 aliphatic rings. The molecule has 4 rings (SSSR count). The molecule has 2 heterocycles.